The minimum atomic E-state index is 0.0475. The number of hydrogen-bond donors (Lipinski definition) is 1. The summed E-state index contributed by atoms with van der Waals surface area (Å²) in [5, 5.41) is 0. The van der Waals surface area contributed by atoms with Crippen LogP contribution in [0.4, 0.5) is 0 Å². The summed E-state index contributed by atoms with van der Waals surface area (Å²) in [6.07, 6.45) is 3.85. The maximum absolute atomic E-state index is 11.0. The van der Waals surface area contributed by atoms with Crippen molar-refractivity contribution in [2.45, 2.75) is 38.6 Å². The van der Waals surface area contributed by atoms with Gasteiger partial charge in [0.05, 0.1) is 0 Å². The molecule has 1 aliphatic carbocycles. The van der Waals surface area contributed by atoms with Crippen molar-refractivity contribution in [3.63, 3.8) is 0 Å². The van der Waals surface area contributed by atoms with E-state index in [1.54, 1.807) is 0 Å². The molecule has 0 heterocycles. The first-order valence-corrected chi connectivity index (χ1v) is 3.95. The third kappa shape index (κ3) is 2.97. The van der Waals surface area contributed by atoms with Crippen LogP contribution in [-0.4, -0.2) is 11.8 Å². The summed E-state index contributed by atoms with van der Waals surface area (Å²) in [4.78, 5) is 11.0. The highest BCUT2D eigenvalue weighted by molar-refractivity contribution is 5.79. The minimum Gasteiger partial charge on any atom is -0.328 e. The second-order valence-corrected chi connectivity index (χ2v) is 3.37. The zero-order chi connectivity index (χ0) is 7.56. The summed E-state index contributed by atoms with van der Waals surface area (Å²) in [5.74, 6) is 1.06. The molecule has 1 fully saturated rings. The Hall–Kier alpha value is -0.370. The fourth-order valence-corrected chi connectivity index (χ4v) is 1.09. The van der Waals surface area contributed by atoms with Crippen molar-refractivity contribution in [3.05, 3.63) is 0 Å². The molecule has 1 saturated carbocycles. The molecule has 2 nitrogen and oxygen atoms in total. The Morgan fingerprint density at radius 3 is 2.70 bits per heavy atom. The van der Waals surface area contributed by atoms with E-state index in [4.69, 9.17) is 5.73 Å². The van der Waals surface area contributed by atoms with Crippen LogP contribution in [0.25, 0.3) is 0 Å². The summed E-state index contributed by atoms with van der Waals surface area (Å²) in [5.41, 5.74) is 5.47. The van der Waals surface area contributed by atoms with Crippen LogP contribution in [0.5, 0.6) is 0 Å². The van der Waals surface area contributed by atoms with Gasteiger partial charge in [-0.05, 0) is 25.7 Å². The van der Waals surface area contributed by atoms with Gasteiger partial charge in [0.15, 0.2) is 0 Å². The SMILES string of the molecule is C[C@@H](N)CC(=O)CC1CC1. The summed E-state index contributed by atoms with van der Waals surface area (Å²) in [7, 11) is 0. The monoisotopic (exact) mass is 141 g/mol. The Labute approximate surface area is 61.8 Å². The molecule has 0 radical (unpaired) electrons. The third-order valence-electron chi connectivity index (χ3n) is 1.76. The van der Waals surface area contributed by atoms with Gasteiger partial charge in [-0.25, -0.2) is 0 Å². The van der Waals surface area contributed by atoms with Crippen LogP contribution in [0.2, 0.25) is 0 Å². The summed E-state index contributed by atoms with van der Waals surface area (Å²) < 4.78 is 0. The van der Waals surface area contributed by atoms with Crippen LogP contribution in [0.15, 0.2) is 0 Å². The van der Waals surface area contributed by atoms with E-state index in [1.807, 2.05) is 6.92 Å². The largest absolute Gasteiger partial charge is 0.328 e. The van der Waals surface area contributed by atoms with Crippen molar-refractivity contribution < 1.29 is 4.79 Å². The first kappa shape index (κ1) is 7.73. The molecule has 0 unspecified atom stereocenters. The quantitative estimate of drug-likeness (QED) is 0.637. The van der Waals surface area contributed by atoms with Gasteiger partial charge in [-0.15, -0.1) is 0 Å². The minimum absolute atomic E-state index is 0.0475. The molecule has 1 rings (SSSR count). The fraction of sp³-hybridized carbons (Fsp3) is 0.875. The van der Waals surface area contributed by atoms with Crippen molar-refractivity contribution in [2.75, 3.05) is 0 Å². The lowest BCUT2D eigenvalue weighted by molar-refractivity contribution is -0.119. The zero-order valence-corrected chi connectivity index (χ0v) is 6.47. The molecule has 0 saturated heterocycles. The smallest absolute Gasteiger partial charge is 0.134 e. The number of hydrogen-bond acceptors (Lipinski definition) is 2. The molecule has 0 spiro atoms. The third-order valence-corrected chi connectivity index (χ3v) is 1.76. The van der Waals surface area contributed by atoms with E-state index >= 15 is 0 Å². The molecule has 1 aliphatic rings. The predicted molar refractivity (Wildman–Crippen MR) is 40.6 cm³/mol. The van der Waals surface area contributed by atoms with Crippen molar-refractivity contribution >= 4 is 5.78 Å². The standard InChI is InChI=1S/C8H15NO/c1-6(9)4-8(10)5-7-2-3-7/h6-7H,2-5,9H2,1H3/t6-/m1/s1. The van der Waals surface area contributed by atoms with Gasteiger partial charge in [-0.1, -0.05) is 0 Å². The van der Waals surface area contributed by atoms with Crippen LogP contribution in [0.1, 0.15) is 32.6 Å². The van der Waals surface area contributed by atoms with Crippen molar-refractivity contribution in [1.82, 2.24) is 0 Å². The first-order valence-electron chi connectivity index (χ1n) is 3.95. The van der Waals surface area contributed by atoms with Crippen molar-refractivity contribution in [1.29, 1.82) is 0 Å². The van der Waals surface area contributed by atoms with Gasteiger partial charge in [0.1, 0.15) is 5.78 Å². The van der Waals surface area contributed by atoms with Gasteiger partial charge in [0.2, 0.25) is 0 Å². The van der Waals surface area contributed by atoms with E-state index in [1.165, 1.54) is 12.8 Å². The van der Waals surface area contributed by atoms with Crippen molar-refractivity contribution in [3.8, 4) is 0 Å². The molecule has 0 aliphatic heterocycles. The number of nitrogens with two attached hydrogens (primary N) is 1. The van der Waals surface area contributed by atoms with E-state index in [-0.39, 0.29) is 6.04 Å². The lowest BCUT2D eigenvalue weighted by Crippen LogP contribution is -2.19. The van der Waals surface area contributed by atoms with Gasteiger partial charge < -0.3 is 5.73 Å². The average Bonchev–Trinajstić information content (AvgIpc) is 2.46. The van der Waals surface area contributed by atoms with Crippen LogP contribution in [0.3, 0.4) is 0 Å². The molecule has 0 amide bonds. The molecule has 2 N–H and O–H groups in total. The van der Waals surface area contributed by atoms with Crippen LogP contribution >= 0.6 is 0 Å². The Bertz CT molecular complexity index is 121. The first-order chi connectivity index (χ1) is 4.68. The van der Waals surface area contributed by atoms with E-state index < -0.39 is 0 Å². The van der Waals surface area contributed by atoms with E-state index in [9.17, 15) is 4.79 Å². The summed E-state index contributed by atoms with van der Waals surface area (Å²) in [6.45, 7) is 1.88. The number of ketones is 1. The van der Waals surface area contributed by atoms with E-state index in [2.05, 4.69) is 0 Å². The van der Waals surface area contributed by atoms with Gasteiger partial charge in [-0.3, -0.25) is 4.79 Å². The molecule has 0 aromatic carbocycles. The van der Waals surface area contributed by atoms with Crippen molar-refractivity contribution in [2.24, 2.45) is 11.7 Å². The van der Waals surface area contributed by atoms with Crippen LogP contribution in [0, 0.1) is 5.92 Å². The fourth-order valence-electron chi connectivity index (χ4n) is 1.09. The number of carbonyl (C=O) groups excluding carboxylic acids is 1. The topological polar surface area (TPSA) is 43.1 Å². The molecule has 58 valence electrons. The maximum Gasteiger partial charge on any atom is 0.134 e. The highest BCUT2D eigenvalue weighted by Gasteiger charge is 2.24. The Morgan fingerprint density at radius 2 is 2.30 bits per heavy atom. The number of Topliss-reactive ketones (excluding diaryl/α,β-unsaturated/α-hetero) is 1. The highest BCUT2D eigenvalue weighted by atomic mass is 16.1. The predicted octanol–water partition coefficient (Wildman–Crippen LogP) is 1.09. The van der Waals surface area contributed by atoms with Gasteiger partial charge in [0, 0.05) is 18.9 Å². The van der Waals surface area contributed by atoms with E-state index in [0.29, 0.717) is 18.1 Å². The molecule has 10 heavy (non-hydrogen) atoms. The lowest BCUT2D eigenvalue weighted by atomic mass is 10.1. The van der Waals surface area contributed by atoms with E-state index in [0.717, 1.165) is 6.42 Å². The molecule has 0 bridgehead atoms. The maximum atomic E-state index is 11.0. The van der Waals surface area contributed by atoms with Gasteiger partial charge in [-0.2, -0.15) is 0 Å². The average molecular weight is 141 g/mol. The molecule has 0 aromatic rings. The second-order valence-electron chi connectivity index (χ2n) is 3.37. The second kappa shape index (κ2) is 3.15. The Kier molecular flexibility index (Phi) is 2.44. The van der Waals surface area contributed by atoms with Gasteiger partial charge >= 0.3 is 0 Å². The Morgan fingerprint density at radius 1 is 1.70 bits per heavy atom. The Balaban J connectivity index is 2.08. The molecule has 2 heteroatoms. The van der Waals surface area contributed by atoms with Crippen LogP contribution < -0.4 is 5.73 Å². The number of rotatable bonds is 4. The van der Waals surface area contributed by atoms with Gasteiger partial charge in [0.25, 0.3) is 0 Å². The highest BCUT2D eigenvalue weighted by Crippen LogP contribution is 2.32. The normalized spacial score (nSPS) is 20.6. The summed E-state index contributed by atoms with van der Waals surface area (Å²) in [6, 6.07) is 0.0475. The zero-order valence-electron chi connectivity index (χ0n) is 6.47. The summed E-state index contributed by atoms with van der Waals surface area (Å²) >= 11 is 0. The van der Waals surface area contributed by atoms with Crippen LogP contribution in [-0.2, 0) is 4.79 Å². The molecular weight excluding hydrogens is 126 g/mol. The molecule has 0 aromatic heterocycles. The molecule has 1 atom stereocenters. The molecular formula is C8H15NO. The lowest BCUT2D eigenvalue weighted by Gasteiger charge is -2.01. The number of carbonyl (C=O) groups is 1.